The highest BCUT2D eigenvalue weighted by Crippen LogP contribution is 2.18. The Balaban J connectivity index is 1.69. The third-order valence-corrected chi connectivity index (χ3v) is 3.50. The standard InChI is InChI=1S/C19H19N5O2/c1-13(2)26-17-4-3-15(11-23-17)19(25)24-12-16-18(22-10-9-21-16)14-5-7-20-8-6-14/h3-11,13H,12H2,1-2H3,(H,24,25). The first-order chi connectivity index (χ1) is 12.6. The Kier molecular flexibility index (Phi) is 5.48. The molecule has 1 N–H and O–H groups in total. The molecule has 0 saturated heterocycles. The SMILES string of the molecule is CC(C)Oc1ccc(C(=O)NCc2nccnc2-c2ccncc2)cn1. The fourth-order valence-corrected chi connectivity index (χ4v) is 2.34. The van der Waals surface area contributed by atoms with Crippen LogP contribution < -0.4 is 10.1 Å². The van der Waals surface area contributed by atoms with Gasteiger partial charge in [0, 0.05) is 42.6 Å². The van der Waals surface area contributed by atoms with Crippen molar-refractivity contribution in [1.82, 2.24) is 25.3 Å². The van der Waals surface area contributed by atoms with Gasteiger partial charge in [-0.1, -0.05) is 0 Å². The van der Waals surface area contributed by atoms with Gasteiger partial charge in [0.15, 0.2) is 0 Å². The van der Waals surface area contributed by atoms with Crippen LogP contribution in [0.1, 0.15) is 29.9 Å². The molecule has 0 aliphatic rings. The largest absolute Gasteiger partial charge is 0.475 e. The van der Waals surface area contributed by atoms with E-state index >= 15 is 0 Å². The Hall–Kier alpha value is -3.35. The first-order valence-corrected chi connectivity index (χ1v) is 8.24. The van der Waals surface area contributed by atoms with Crippen LogP contribution in [0.3, 0.4) is 0 Å². The molecule has 0 saturated carbocycles. The van der Waals surface area contributed by atoms with E-state index in [9.17, 15) is 4.79 Å². The van der Waals surface area contributed by atoms with Crippen LogP contribution in [0.4, 0.5) is 0 Å². The van der Waals surface area contributed by atoms with Crippen molar-refractivity contribution in [2.24, 2.45) is 0 Å². The molecule has 3 aromatic rings. The molecule has 0 radical (unpaired) electrons. The minimum absolute atomic E-state index is 0.0328. The van der Waals surface area contributed by atoms with Gasteiger partial charge in [-0.05, 0) is 32.0 Å². The van der Waals surface area contributed by atoms with Crippen LogP contribution >= 0.6 is 0 Å². The fourth-order valence-electron chi connectivity index (χ4n) is 2.34. The van der Waals surface area contributed by atoms with E-state index in [0.717, 1.165) is 5.56 Å². The lowest BCUT2D eigenvalue weighted by molar-refractivity contribution is 0.0950. The predicted octanol–water partition coefficient (Wildman–Crippen LogP) is 2.65. The summed E-state index contributed by atoms with van der Waals surface area (Å²) in [5.74, 6) is 0.255. The topological polar surface area (TPSA) is 89.9 Å². The van der Waals surface area contributed by atoms with Crippen molar-refractivity contribution in [3.63, 3.8) is 0 Å². The summed E-state index contributed by atoms with van der Waals surface area (Å²) in [5, 5.41) is 2.85. The summed E-state index contributed by atoms with van der Waals surface area (Å²) in [6, 6.07) is 7.07. The summed E-state index contributed by atoms with van der Waals surface area (Å²) >= 11 is 0. The molecule has 132 valence electrons. The van der Waals surface area contributed by atoms with Crippen LogP contribution in [-0.2, 0) is 6.54 Å². The number of nitrogens with one attached hydrogen (secondary N) is 1. The molecule has 3 heterocycles. The van der Waals surface area contributed by atoms with Gasteiger partial charge in [0.1, 0.15) is 0 Å². The van der Waals surface area contributed by atoms with E-state index in [1.54, 1.807) is 36.9 Å². The van der Waals surface area contributed by atoms with E-state index in [1.807, 2.05) is 26.0 Å². The van der Waals surface area contributed by atoms with Gasteiger partial charge in [-0.25, -0.2) is 4.98 Å². The molecule has 1 amide bonds. The summed E-state index contributed by atoms with van der Waals surface area (Å²) < 4.78 is 5.48. The van der Waals surface area contributed by atoms with E-state index in [2.05, 4.69) is 25.3 Å². The average molecular weight is 349 g/mol. The van der Waals surface area contributed by atoms with Gasteiger partial charge >= 0.3 is 0 Å². The van der Waals surface area contributed by atoms with Crippen LogP contribution in [0.15, 0.2) is 55.2 Å². The van der Waals surface area contributed by atoms with Crippen LogP contribution in [0, 0.1) is 0 Å². The normalized spacial score (nSPS) is 10.6. The van der Waals surface area contributed by atoms with Crippen LogP contribution in [-0.4, -0.2) is 31.9 Å². The highest BCUT2D eigenvalue weighted by molar-refractivity contribution is 5.93. The molecule has 0 aromatic carbocycles. The Morgan fingerprint density at radius 1 is 1.04 bits per heavy atom. The number of ether oxygens (including phenoxy) is 1. The molecule has 26 heavy (non-hydrogen) atoms. The molecule has 0 aliphatic carbocycles. The van der Waals surface area contributed by atoms with Crippen LogP contribution in [0.5, 0.6) is 5.88 Å². The number of aromatic nitrogens is 4. The number of carbonyl (C=O) groups is 1. The minimum atomic E-state index is -0.236. The third kappa shape index (κ3) is 4.38. The Morgan fingerprint density at radius 2 is 1.81 bits per heavy atom. The summed E-state index contributed by atoms with van der Waals surface area (Å²) in [6.07, 6.45) is 8.14. The van der Waals surface area contributed by atoms with E-state index in [0.29, 0.717) is 22.8 Å². The van der Waals surface area contributed by atoms with Crippen molar-refractivity contribution in [2.45, 2.75) is 26.5 Å². The van der Waals surface area contributed by atoms with Gasteiger partial charge in [-0.3, -0.25) is 19.7 Å². The van der Waals surface area contributed by atoms with Crippen molar-refractivity contribution in [3.05, 3.63) is 66.5 Å². The van der Waals surface area contributed by atoms with Crippen molar-refractivity contribution in [2.75, 3.05) is 0 Å². The summed E-state index contributed by atoms with van der Waals surface area (Å²) in [4.78, 5) is 29.2. The third-order valence-electron chi connectivity index (χ3n) is 3.50. The zero-order chi connectivity index (χ0) is 18.4. The lowest BCUT2D eigenvalue weighted by Crippen LogP contribution is -2.24. The first-order valence-electron chi connectivity index (χ1n) is 8.24. The molecular formula is C19H19N5O2. The molecule has 0 bridgehead atoms. The monoisotopic (exact) mass is 349 g/mol. The highest BCUT2D eigenvalue weighted by atomic mass is 16.5. The van der Waals surface area contributed by atoms with Gasteiger partial charge in [0.2, 0.25) is 5.88 Å². The van der Waals surface area contributed by atoms with E-state index < -0.39 is 0 Å². The molecule has 3 aromatic heterocycles. The zero-order valence-electron chi connectivity index (χ0n) is 14.6. The summed E-state index contributed by atoms with van der Waals surface area (Å²) in [5.41, 5.74) is 2.75. The van der Waals surface area contributed by atoms with E-state index in [-0.39, 0.29) is 18.6 Å². The summed E-state index contributed by atoms with van der Waals surface area (Å²) in [6.45, 7) is 4.10. The lowest BCUT2D eigenvalue weighted by Gasteiger charge is -2.10. The molecule has 3 rings (SSSR count). The van der Waals surface area contributed by atoms with Gasteiger partial charge in [-0.15, -0.1) is 0 Å². The second kappa shape index (κ2) is 8.15. The smallest absolute Gasteiger partial charge is 0.253 e. The number of carbonyl (C=O) groups excluding carboxylic acids is 1. The second-order valence-electron chi connectivity index (χ2n) is 5.82. The van der Waals surface area contributed by atoms with Crippen molar-refractivity contribution in [1.29, 1.82) is 0 Å². The fraction of sp³-hybridized carbons (Fsp3) is 0.211. The average Bonchev–Trinajstić information content (AvgIpc) is 2.67. The molecule has 7 heteroatoms. The maximum atomic E-state index is 12.3. The second-order valence-corrected chi connectivity index (χ2v) is 5.82. The number of amides is 1. The van der Waals surface area contributed by atoms with Gasteiger partial charge < -0.3 is 10.1 Å². The highest BCUT2D eigenvalue weighted by Gasteiger charge is 2.11. The van der Waals surface area contributed by atoms with Crippen LogP contribution in [0.2, 0.25) is 0 Å². The number of nitrogens with zero attached hydrogens (tertiary/aromatic N) is 4. The molecule has 0 fully saturated rings. The number of rotatable bonds is 6. The van der Waals surface area contributed by atoms with Crippen molar-refractivity contribution >= 4 is 5.91 Å². The van der Waals surface area contributed by atoms with Gasteiger partial charge in [-0.2, -0.15) is 0 Å². The lowest BCUT2D eigenvalue weighted by atomic mass is 10.1. The molecule has 0 unspecified atom stereocenters. The molecular weight excluding hydrogens is 330 g/mol. The number of hydrogen-bond donors (Lipinski definition) is 1. The van der Waals surface area contributed by atoms with Crippen LogP contribution in [0.25, 0.3) is 11.3 Å². The number of pyridine rings is 2. The van der Waals surface area contributed by atoms with E-state index in [4.69, 9.17) is 4.74 Å². The van der Waals surface area contributed by atoms with Crippen molar-refractivity contribution in [3.8, 4) is 17.1 Å². The maximum Gasteiger partial charge on any atom is 0.253 e. The molecule has 7 nitrogen and oxygen atoms in total. The predicted molar refractivity (Wildman–Crippen MR) is 96.4 cm³/mol. The number of hydrogen-bond acceptors (Lipinski definition) is 6. The maximum absolute atomic E-state index is 12.3. The Labute approximate surface area is 151 Å². The van der Waals surface area contributed by atoms with Gasteiger partial charge in [0.25, 0.3) is 5.91 Å². The van der Waals surface area contributed by atoms with Crippen molar-refractivity contribution < 1.29 is 9.53 Å². The first kappa shape index (κ1) is 17.5. The molecule has 0 spiro atoms. The Morgan fingerprint density at radius 3 is 2.50 bits per heavy atom. The minimum Gasteiger partial charge on any atom is -0.475 e. The molecule has 0 aliphatic heterocycles. The zero-order valence-corrected chi connectivity index (χ0v) is 14.6. The quantitative estimate of drug-likeness (QED) is 0.736. The van der Waals surface area contributed by atoms with E-state index in [1.165, 1.54) is 6.20 Å². The van der Waals surface area contributed by atoms with Gasteiger partial charge in [0.05, 0.1) is 29.6 Å². The summed E-state index contributed by atoms with van der Waals surface area (Å²) in [7, 11) is 0. The molecule has 0 atom stereocenters. The Bertz CT molecular complexity index is 867.